The highest BCUT2D eigenvalue weighted by molar-refractivity contribution is 5.80. The number of aliphatic hydroxyl groups excluding tert-OH is 1. The highest BCUT2D eigenvalue weighted by atomic mass is 16.5. The van der Waals surface area contributed by atoms with Gasteiger partial charge in [-0.3, -0.25) is 4.99 Å². The number of likely N-dealkylation sites (tertiary alicyclic amines) is 1. The summed E-state index contributed by atoms with van der Waals surface area (Å²) in [6.45, 7) is 7.79. The van der Waals surface area contributed by atoms with Gasteiger partial charge in [-0.05, 0) is 44.1 Å². The van der Waals surface area contributed by atoms with Crippen LogP contribution in [-0.4, -0.2) is 54.9 Å². The van der Waals surface area contributed by atoms with Crippen LogP contribution in [-0.2, 0) is 4.74 Å². The van der Waals surface area contributed by atoms with Gasteiger partial charge in [0.25, 0.3) is 0 Å². The average molecular weight is 360 g/mol. The zero-order valence-electron chi connectivity index (χ0n) is 16.2. The van der Waals surface area contributed by atoms with E-state index in [1.54, 1.807) is 0 Å². The number of rotatable bonds is 7. The molecule has 1 aromatic carbocycles. The molecule has 144 valence electrons. The summed E-state index contributed by atoms with van der Waals surface area (Å²) in [4.78, 5) is 7.04. The van der Waals surface area contributed by atoms with Gasteiger partial charge in [-0.1, -0.05) is 36.8 Å². The average Bonchev–Trinajstić information content (AvgIpc) is 3.10. The summed E-state index contributed by atoms with van der Waals surface area (Å²) in [5.74, 6) is 0.937. The van der Waals surface area contributed by atoms with Gasteiger partial charge in [-0.2, -0.15) is 0 Å². The Hall–Kier alpha value is -1.59. The molecule has 1 aromatic rings. The fraction of sp³-hybridized carbons (Fsp3) is 0.667. The normalized spacial score (nSPS) is 21.5. The Kier molecular flexibility index (Phi) is 6.54. The molecule has 5 nitrogen and oxygen atoms in total. The Balaban J connectivity index is 1.47. The van der Waals surface area contributed by atoms with E-state index in [0.717, 1.165) is 31.2 Å². The lowest BCUT2D eigenvalue weighted by Crippen LogP contribution is -2.43. The van der Waals surface area contributed by atoms with E-state index in [2.05, 4.69) is 22.1 Å². The van der Waals surface area contributed by atoms with Gasteiger partial charge in [0.1, 0.15) is 0 Å². The van der Waals surface area contributed by atoms with Gasteiger partial charge in [0.2, 0.25) is 0 Å². The number of aliphatic hydroxyl groups is 1. The third-order valence-electron chi connectivity index (χ3n) is 5.75. The molecule has 2 unspecified atom stereocenters. The molecule has 1 aliphatic carbocycles. The summed E-state index contributed by atoms with van der Waals surface area (Å²) >= 11 is 0. The molecule has 1 aliphatic heterocycles. The third-order valence-corrected chi connectivity index (χ3v) is 5.75. The van der Waals surface area contributed by atoms with Gasteiger partial charge in [0.15, 0.2) is 5.96 Å². The minimum atomic E-state index is -0.588. The predicted molar refractivity (Wildman–Crippen MR) is 105 cm³/mol. The van der Waals surface area contributed by atoms with Crippen LogP contribution in [0.5, 0.6) is 0 Å². The zero-order valence-corrected chi connectivity index (χ0v) is 16.2. The molecule has 26 heavy (non-hydrogen) atoms. The van der Waals surface area contributed by atoms with Crippen molar-refractivity contribution in [2.45, 2.75) is 51.7 Å². The maximum atomic E-state index is 10.3. The van der Waals surface area contributed by atoms with E-state index in [9.17, 15) is 5.11 Å². The molecule has 0 aromatic heterocycles. The number of ether oxygens (including phenoxy) is 1. The first kappa shape index (κ1) is 19.2. The number of nitrogens with zero attached hydrogens (tertiary/aromatic N) is 2. The molecule has 1 spiro atoms. The van der Waals surface area contributed by atoms with E-state index >= 15 is 0 Å². The lowest BCUT2D eigenvalue weighted by Gasteiger charge is -2.38. The molecule has 0 radical (unpaired) electrons. The van der Waals surface area contributed by atoms with Crippen molar-refractivity contribution in [3.05, 3.63) is 35.9 Å². The molecule has 5 heteroatoms. The quantitative estimate of drug-likeness (QED) is 0.580. The van der Waals surface area contributed by atoms with Crippen molar-refractivity contribution in [1.29, 1.82) is 0 Å². The number of aliphatic imine (C=N–C) groups is 1. The lowest BCUT2D eigenvalue weighted by molar-refractivity contribution is 0.00105. The minimum absolute atomic E-state index is 0.0277. The molecule has 2 N–H and O–H groups in total. The largest absolute Gasteiger partial charge is 0.389 e. The molecule has 0 amide bonds. The van der Waals surface area contributed by atoms with Gasteiger partial charge in [-0.15, -0.1) is 0 Å². The van der Waals surface area contributed by atoms with Crippen molar-refractivity contribution in [3.8, 4) is 0 Å². The van der Waals surface area contributed by atoms with Crippen molar-refractivity contribution in [3.63, 3.8) is 0 Å². The van der Waals surface area contributed by atoms with Crippen LogP contribution in [0.2, 0.25) is 0 Å². The molecule has 1 saturated carbocycles. The van der Waals surface area contributed by atoms with Gasteiger partial charge < -0.3 is 20.1 Å². The highest BCUT2D eigenvalue weighted by Gasteiger charge is 2.43. The third kappa shape index (κ3) is 4.77. The van der Waals surface area contributed by atoms with Crippen LogP contribution in [0, 0.1) is 5.41 Å². The van der Waals surface area contributed by atoms with Crippen LogP contribution in [0.1, 0.15) is 51.2 Å². The van der Waals surface area contributed by atoms with E-state index in [0.29, 0.717) is 18.6 Å². The van der Waals surface area contributed by atoms with Crippen LogP contribution in [0.25, 0.3) is 0 Å². The second-order valence-corrected chi connectivity index (χ2v) is 7.76. The summed E-state index contributed by atoms with van der Waals surface area (Å²) in [6.07, 6.45) is 4.75. The van der Waals surface area contributed by atoms with Crippen LogP contribution in [0.4, 0.5) is 0 Å². The van der Waals surface area contributed by atoms with E-state index < -0.39 is 6.10 Å². The first-order valence-corrected chi connectivity index (χ1v) is 10.00. The fourth-order valence-corrected chi connectivity index (χ4v) is 3.95. The Morgan fingerprint density at radius 1 is 1.31 bits per heavy atom. The van der Waals surface area contributed by atoms with Gasteiger partial charge in [0.05, 0.1) is 25.4 Å². The number of benzene rings is 1. The summed E-state index contributed by atoms with van der Waals surface area (Å²) in [5.41, 5.74) is 1.67. The Morgan fingerprint density at radius 2 is 2.08 bits per heavy atom. The first-order valence-electron chi connectivity index (χ1n) is 10.00. The van der Waals surface area contributed by atoms with E-state index in [1.165, 1.54) is 25.7 Å². The monoisotopic (exact) mass is 359 g/mol. The maximum absolute atomic E-state index is 10.3. The topological polar surface area (TPSA) is 57.1 Å². The summed E-state index contributed by atoms with van der Waals surface area (Å²) in [7, 11) is 0. The van der Waals surface area contributed by atoms with Crippen molar-refractivity contribution < 1.29 is 9.84 Å². The maximum Gasteiger partial charge on any atom is 0.194 e. The molecule has 2 atom stereocenters. The summed E-state index contributed by atoms with van der Waals surface area (Å²) < 4.78 is 5.81. The molecule has 0 bridgehead atoms. The number of guanidine groups is 1. The highest BCUT2D eigenvalue weighted by Crippen LogP contribution is 2.47. The van der Waals surface area contributed by atoms with Crippen LogP contribution in [0.15, 0.2) is 35.3 Å². The molecule has 2 fully saturated rings. The second-order valence-electron chi connectivity index (χ2n) is 7.76. The summed E-state index contributed by atoms with van der Waals surface area (Å²) in [6, 6.07) is 10.1. The van der Waals surface area contributed by atoms with Crippen molar-refractivity contribution in [2.75, 3.05) is 32.8 Å². The standard InChI is InChI=1S/C21H33N3O2/c1-3-22-20(24-13-12-21(16-24)10-7-11-21)23-14-19(25)15-26-17(2)18-8-5-4-6-9-18/h4-6,8-9,17,19,25H,3,7,10-16H2,1-2H3,(H,22,23). The van der Waals surface area contributed by atoms with Crippen molar-refractivity contribution in [2.24, 2.45) is 10.4 Å². The van der Waals surface area contributed by atoms with Crippen LogP contribution in [0.3, 0.4) is 0 Å². The second kappa shape index (κ2) is 8.87. The van der Waals surface area contributed by atoms with Crippen LogP contribution >= 0.6 is 0 Å². The number of nitrogens with one attached hydrogen (secondary N) is 1. The fourth-order valence-electron chi connectivity index (χ4n) is 3.95. The minimum Gasteiger partial charge on any atom is -0.389 e. The Morgan fingerprint density at radius 3 is 2.69 bits per heavy atom. The Labute approximate surface area is 157 Å². The molecule has 1 saturated heterocycles. The Bertz CT molecular complexity index is 586. The molecular weight excluding hydrogens is 326 g/mol. The van der Waals surface area contributed by atoms with E-state index in [1.807, 2.05) is 37.3 Å². The molecule has 2 aliphatic rings. The predicted octanol–water partition coefficient (Wildman–Crippen LogP) is 2.97. The zero-order chi connectivity index (χ0) is 18.4. The molecule has 3 rings (SSSR count). The van der Waals surface area contributed by atoms with E-state index in [4.69, 9.17) is 4.74 Å². The summed E-state index contributed by atoms with van der Waals surface area (Å²) in [5, 5.41) is 13.7. The van der Waals surface area contributed by atoms with Gasteiger partial charge in [0, 0.05) is 19.6 Å². The SMILES string of the molecule is CCNC(=NCC(O)COC(C)c1ccccc1)N1CCC2(CCC2)C1. The van der Waals surface area contributed by atoms with Gasteiger partial charge in [-0.25, -0.2) is 0 Å². The molecular formula is C21H33N3O2. The van der Waals surface area contributed by atoms with Crippen molar-refractivity contribution in [1.82, 2.24) is 10.2 Å². The van der Waals surface area contributed by atoms with E-state index in [-0.39, 0.29) is 6.10 Å². The smallest absolute Gasteiger partial charge is 0.194 e. The molecule has 1 heterocycles. The number of hydrogen-bond donors (Lipinski definition) is 2. The van der Waals surface area contributed by atoms with Gasteiger partial charge >= 0.3 is 0 Å². The number of hydrogen-bond acceptors (Lipinski definition) is 3. The van der Waals surface area contributed by atoms with Crippen LogP contribution < -0.4 is 5.32 Å². The first-order chi connectivity index (χ1) is 12.6. The van der Waals surface area contributed by atoms with Crippen molar-refractivity contribution >= 4 is 5.96 Å². The lowest BCUT2D eigenvalue weighted by atomic mass is 9.68.